The van der Waals surface area contributed by atoms with Gasteiger partial charge in [0.15, 0.2) is 20.9 Å². The van der Waals surface area contributed by atoms with Gasteiger partial charge in [0, 0.05) is 63.3 Å². The molecule has 4 rings (SSSR count). The fraction of sp³-hybridized carbons (Fsp3) is 0.577. The highest BCUT2D eigenvalue weighted by Crippen LogP contribution is 2.26. The normalized spacial score (nSPS) is 20.8. The van der Waals surface area contributed by atoms with Gasteiger partial charge in [-0.1, -0.05) is 11.8 Å². The number of nitrogens with zero attached hydrogens (tertiary/aromatic N) is 3. The molecule has 0 bridgehead atoms. The van der Waals surface area contributed by atoms with Gasteiger partial charge in [-0.25, -0.2) is 23.5 Å². The predicted molar refractivity (Wildman–Crippen MR) is 137 cm³/mol. The maximum absolute atomic E-state index is 12.9. The lowest BCUT2D eigenvalue weighted by molar-refractivity contribution is -0.201. The second kappa shape index (κ2) is 11.2. The van der Waals surface area contributed by atoms with E-state index in [1.54, 1.807) is 17.2 Å². The molecule has 0 saturated carbocycles. The highest BCUT2D eigenvalue weighted by atomic mass is 32.2. The van der Waals surface area contributed by atoms with Crippen molar-refractivity contribution in [2.75, 3.05) is 32.5 Å². The first kappa shape index (κ1) is 27.7. The number of likely N-dealkylation sites (tertiary alicyclic amines) is 1. The van der Waals surface area contributed by atoms with E-state index in [0.717, 1.165) is 19.1 Å². The van der Waals surface area contributed by atoms with Gasteiger partial charge in [0.25, 0.3) is 5.91 Å². The third-order valence-corrected chi connectivity index (χ3v) is 9.21. The van der Waals surface area contributed by atoms with Crippen LogP contribution in [-0.4, -0.2) is 84.2 Å². The van der Waals surface area contributed by atoms with E-state index in [4.69, 9.17) is 9.57 Å². The van der Waals surface area contributed by atoms with Gasteiger partial charge in [0.1, 0.15) is 0 Å². The van der Waals surface area contributed by atoms with Crippen molar-refractivity contribution in [3.05, 3.63) is 23.5 Å². The number of carbonyl (C=O) groups excluding carboxylic acids is 3. The van der Waals surface area contributed by atoms with Gasteiger partial charge in [0.05, 0.1) is 12.5 Å². The maximum Gasteiger partial charge on any atom is 0.328 e. The lowest BCUT2D eigenvalue weighted by atomic mass is 10.0. The molecule has 2 unspecified atom stereocenters. The number of aromatic nitrogens is 1. The first-order chi connectivity index (χ1) is 18.0. The molecular formula is C26H32N4O7S. The zero-order chi connectivity index (χ0) is 27.5. The summed E-state index contributed by atoms with van der Waals surface area (Å²) in [6, 6.07) is 1.47. The molecule has 2 atom stereocenters. The summed E-state index contributed by atoms with van der Waals surface area (Å²) in [6.07, 6.45) is 4.31. The van der Waals surface area contributed by atoms with Crippen molar-refractivity contribution < 1.29 is 32.4 Å². The Hall–Kier alpha value is -3.32. The van der Waals surface area contributed by atoms with Gasteiger partial charge in [-0.2, -0.15) is 0 Å². The molecule has 2 fully saturated rings. The fourth-order valence-corrected chi connectivity index (χ4v) is 5.22. The molecular weight excluding hydrogens is 512 g/mol. The largest absolute Gasteiger partial charge is 0.350 e. The number of hydroxylamine groups is 1. The Morgan fingerprint density at radius 3 is 2.66 bits per heavy atom. The molecule has 0 aliphatic carbocycles. The predicted octanol–water partition coefficient (Wildman–Crippen LogP) is 0.873. The average molecular weight is 545 g/mol. The van der Waals surface area contributed by atoms with Crippen LogP contribution in [0.25, 0.3) is 0 Å². The highest BCUT2D eigenvalue weighted by Gasteiger charge is 2.45. The first-order valence-corrected chi connectivity index (χ1v) is 14.4. The second-order valence-electron chi connectivity index (χ2n) is 10.0. The van der Waals surface area contributed by atoms with Gasteiger partial charge in [-0.15, -0.1) is 0 Å². The Morgan fingerprint density at radius 2 is 2.03 bits per heavy atom. The van der Waals surface area contributed by atoms with Crippen LogP contribution in [0, 0.1) is 29.6 Å². The van der Waals surface area contributed by atoms with Crippen LogP contribution in [0.15, 0.2) is 12.3 Å². The fourth-order valence-electron chi connectivity index (χ4n) is 4.38. The molecule has 3 aliphatic rings. The second-order valence-corrected chi connectivity index (χ2v) is 12.5. The lowest BCUT2D eigenvalue weighted by Gasteiger charge is -2.35. The van der Waals surface area contributed by atoms with E-state index in [9.17, 15) is 22.8 Å². The molecule has 3 aliphatic heterocycles. The third kappa shape index (κ3) is 6.04. The molecule has 12 heteroatoms. The van der Waals surface area contributed by atoms with E-state index in [-0.39, 0.29) is 37.4 Å². The van der Waals surface area contributed by atoms with Gasteiger partial charge < -0.3 is 14.5 Å². The van der Waals surface area contributed by atoms with Gasteiger partial charge in [-0.05, 0) is 44.1 Å². The average Bonchev–Trinajstić information content (AvgIpc) is 3.37. The van der Waals surface area contributed by atoms with Crippen molar-refractivity contribution in [1.29, 1.82) is 0 Å². The van der Waals surface area contributed by atoms with Crippen LogP contribution in [0.3, 0.4) is 0 Å². The summed E-state index contributed by atoms with van der Waals surface area (Å²) in [5.74, 6) is 10.9. The summed E-state index contributed by atoms with van der Waals surface area (Å²) in [5.41, 5.74) is 3.61. The van der Waals surface area contributed by atoms with E-state index in [0.29, 0.717) is 37.4 Å². The molecule has 204 valence electrons. The number of sulfone groups is 1. The quantitative estimate of drug-likeness (QED) is 0.399. The molecule has 2 saturated heterocycles. The highest BCUT2D eigenvalue weighted by molar-refractivity contribution is 7.92. The molecule has 38 heavy (non-hydrogen) atoms. The van der Waals surface area contributed by atoms with Crippen LogP contribution in [0.1, 0.15) is 50.8 Å². The Balaban J connectivity index is 1.32. The molecule has 0 radical (unpaired) electrons. The van der Waals surface area contributed by atoms with Gasteiger partial charge in [0.2, 0.25) is 5.91 Å². The minimum Gasteiger partial charge on any atom is -0.350 e. The Labute approximate surface area is 222 Å². The number of rotatable bonds is 7. The number of nitrogens with one attached hydrogen (secondary N) is 1. The minimum absolute atomic E-state index is 0.0409. The topological polar surface area (TPSA) is 127 Å². The van der Waals surface area contributed by atoms with Crippen LogP contribution in [-0.2, 0) is 35.5 Å². The standard InChI is InChI=1S/C26H32N4O7S/c1-19(31)29-15-21(16-29)9-5-4-8-20-14-22-18-28(25(33)30(22)17-20)12-11-26(2,38(3,34)35)24(32)27-37-23-10-6-7-13-36-23/h14,17,21,23H,6-7,10-13,15-16,18H2,1-3H3,(H,27,32). The maximum atomic E-state index is 12.9. The van der Waals surface area contributed by atoms with Crippen molar-refractivity contribution >= 4 is 27.7 Å². The zero-order valence-electron chi connectivity index (χ0n) is 21.8. The van der Waals surface area contributed by atoms with Crippen molar-refractivity contribution in [3.63, 3.8) is 0 Å². The summed E-state index contributed by atoms with van der Waals surface area (Å²) in [4.78, 5) is 45.5. The van der Waals surface area contributed by atoms with Crippen LogP contribution in [0.2, 0.25) is 0 Å². The Morgan fingerprint density at radius 1 is 1.26 bits per heavy atom. The lowest BCUT2D eigenvalue weighted by Crippen LogP contribution is -2.52. The smallest absolute Gasteiger partial charge is 0.328 e. The molecule has 3 amide bonds. The molecule has 1 aromatic rings. The van der Waals surface area contributed by atoms with E-state index in [2.05, 4.69) is 29.2 Å². The van der Waals surface area contributed by atoms with E-state index in [1.807, 2.05) is 0 Å². The van der Waals surface area contributed by atoms with Crippen LogP contribution in [0.5, 0.6) is 0 Å². The summed E-state index contributed by atoms with van der Waals surface area (Å²) in [6.45, 7) is 4.95. The van der Waals surface area contributed by atoms with E-state index < -0.39 is 26.8 Å². The Kier molecular flexibility index (Phi) is 8.16. The number of fused-ring (bicyclic) bond motifs is 1. The molecule has 1 aromatic heterocycles. The summed E-state index contributed by atoms with van der Waals surface area (Å²) >= 11 is 0. The molecule has 4 heterocycles. The van der Waals surface area contributed by atoms with E-state index >= 15 is 0 Å². The minimum atomic E-state index is -3.84. The number of hydrogen-bond acceptors (Lipinski definition) is 7. The van der Waals surface area contributed by atoms with Crippen LogP contribution >= 0.6 is 0 Å². The monoisotopic (exact) mass is 544 g/mol. The van der Waals surface area contributed by atoms with Crippen molar-refractivity contribution in [3.8, 4) is 23.7 Å². The van der Waals surface area contributed by atoms with Crippen LogP contribution < -0.4 is 5.48 Å². The SMILES string of the molecule is CC(=O)N1CC(C#CC#Cc2cc3n(c2)C(=O)N(CCC(C)(C(=O)NOC2CCCCO2)S(C)(=O)=O)C3)C1. The number of carbonyl (C=O) groups is 3. The third-order valence-electron chi connectivity index (χ3n) is 7.18. The molecule has 11 nitrogen and oxygen atoms in total. The number of hydrogen-bond donors (Lipinski definition) is 1. The zero-order valence-corrected chi connectivity index (χ0v) is 22.6. The Bertz CT molecular complexity index is 1330. The van der Waals surface area contributed by atoms with Crippen molar-refractivity contribution in [2.45, 2.75) is 57.1 Å². The van der Waals surface area contributed by atoms with Crippen molar-refractivity contribution in [2.24, 2.45) is 5.92 Å². The number of ether oxygens (including phenoxy) is 1. The van der Waals surface area contributed by atoms with Gasteiger partial charge in [-0.3, -0.25) is 14.2 Å². The molecule has 0 spiro atoms. The summed E-state index contributed by atoms with van der Waals surface area (Å²) in [7, 11) is -3.84. The van der Waals surface area contributed by atoms with Crippen molar-refractivity contribution in [1.82, 2.24) is 19.8 Å². The first-order valence-electron chi connectivity index (χ1n) is 12.5. The molecule has 0 aromatic carbocycles. The molecule has 1 N–H and O–H groups in total. The summed E-state index contributed by atoms with van der Waals surface area (Å²) < 4.78 is 30.2. The number of amides is 3. The summed E-state index contributed by atoms with van der Waals surface area (Å²) in [5, 5.41) is 0. The van der Waals surface area contributed by atoms with Crippen LogP contribution in [0.4, 0.5) is 4.79 Å². The van der Waals surface area contributed by atoms with E-state index in [1.165, 1.54) is 23.3 Å². The van der Waals surface area contributed by atoms with Gasteiger partial charge >= 0.3 is 6.03 Å².